The van der Waals surface area contributed by atoms with E-state index < -0.39 is 0 Å². The molecule has 1 rings (SSSR count). The number of hydrogen-bond donors (Lipinski definition) is 1. The summed E-state index contributed by atoms with van der Waals surface area (Å²) in [7, 11) is 0. The van der Waals surface area contributed by atoms with Gasteiger partial charge in [0, 0.05) is 25.3 Å². The van der Waals surface area contributed by atoms with E-state index in [0.29, 0.717) is 12.1 Å². The number of rotatable bonds is 2. The molecule has 1 aliphatic rings. The average molecular weight is 181 g/mol. The van der Waals surface area contributed by atoms with E-state index in [9.17, 15) is 0 Å². The summed E-state index contributed by atoms with van der Waals surface area (Å²) in [6.07, 6.45) is 2.56. The Labute approximate surface area is 96.5 Å². The Bertz CT molecular complexity index is 84.5. The van der Waals surface area contributed by atoms with Gasteiger partial charge in [0.2, 0.25) is 0 Å². The van der Waals surface area contributed by atoms with Crippen molar-refractivity contribution in [1.29, 1.82) is 0 Å². The molecule has 13 heavy (non-hydrogen) atoms. The third-order valence-corrected chi connectivity index (χ3v) is 1.49. The Hall–Kier alpha value is 0.517. The van der Waals surface area contributed by atoms with E-state index >= 15 is 0 Å². The van der Waals surface area contributed by atoms with Crippen molar-refractivity contribution in [2.45, 2.75) is 52.6 Å². The van der Waals surface area contributed by atoms with Gasteiger partial charge in [-0.25, -0.2) is 0 Å². The van der Waals surface area contributed by atoms with Gasteiger partial charge in [-0.1, -0.05) is 27.7 Å². The second-order valence-electron chi connectivity index (χ2n) is 3.80. The van der Waals surface area contributed by atoms with E-state index in [-0.39, 0.29) is 20.3 Å². The maximum absolute atomic E-state index is 4.94. The van der Waals surface area contributed by atoms with Crippen molar-refractivity contribution in [2.75, 3.05) is 13.2 Å². The van der Waals surface area contributed by atoms with Gasteiger partial charge in [-0.05, 0) is 12.8 Å². The van der Waals surface area contributed by atoms with E-state index in [4.69, 9.17) is 4.74 Å². The maximum atomic E-state index is 4.94. The van der Waals surface area contributed by atoms with Crippen molar-refractivity contribution in [3.63, 3.8) is 0 Å². The van der Waals surface area contributed by atoms with Crippen molar-refractivity contribution < 1.29 is 25.0 Å². The number of nitrogens with one attached hydrogen (secondary N) is 1. The van der Waals surface area contributed by atoms with Gasteiger partial charge in [-0.2, -0.15) is 0 Å². The second-order valence-corrected chi connectivity index (χ2v) is 3.80. The second kappa shape index (κ2) is 10.6. The largest absolute Gasteiger partial charge is 1.00 e. The topological polar surface area (TPSA) is 21.3 Å². The molecule has 1 N–H and O–H groups in total. The molecule has 0 aromatic carbocycles. The van der Waals surface area contributed by atoms with Crippen LogP contribution < -0.4 is 24.2 Å². The van der Waals surface area contributed by atoms with Crippen LogP contribution in [0, 0.1) is 0 Å². The van der Waals surface area contributed by atoms with Crippen LogP contribution in [-0.2, 0) is 4.74 Å². The van der Waals surface area contributed by atoms with E-state index in [1.165, 1.54) is 12.8 Å². The van der Waals surface area contributed by atoms with Crippen LogP contribution in [0.25, 0.3) is 0 Å². The first-order valence-corrected chi connectivity index (χ1v) is 4.96. The summed E-state index contributed by atoms with van der Waals surface area (Å²) >= 11 is 0. The SMILES string of the molecule is C1CCOC1.CC(C)NC(C)C.[H-].[Li+]. The fraction of sp³-hybridized carbons (Fsp3) is 1.00. The Morgan fingerprint density at radius 2 is 1.38 bits per heavy atom. The number of ether oxygens (including phenoxy) is 1. The van der Waals surface area contributed by atoms with Gasteiger partial charge in [-0.15, -0.1) is 0 Å². The van der Waals surface area contributed by atoms with E-state index in [1.54, 1.807) is 0 Å². The molecule has 1 aliphatic heterocycles. The van der Waals surface area contributed by atoms with Crippen LogP contribution in [0.4, 0.5) is 0 Å². The zero-order valence-electron chi connectivity index (χ0n) is 10.9. The fourth-order valence-corrected chi connectivity index (χ4v) is 1.18. The summed E-state index contributed by atoms with van der Waals surface area (Å²) in [4.78, 5) is 0. The molecular weight excluding hydrogens is 157 g/mol. The summed E-state index contributed by atoms with van der Waals surface area (Å²) in [5, 5.41) is 3.31. The maximum Gasteiger partial charge on any atom is 1.00 e. The number of hydrogen-bond acceptors (Lipinski definition) is 2. The molecule has 0 spiro atoms. The third kappa shape index (κ3) is 15.3. The fourth-order valence-electron chi connectivity index (χ4n) is 1.18. The van der Waals surface area contributed by atoms with Crippen LogP contribution in [0.3, 0.4) is 0 Å². The van der Waals surface area contributed by atoms with Crippen molar-refractivity contribution in [3.8, 4) is 0 Å². The molecule has 1 heterocycles. The molecule has 0 aliphatic carbocycles. The minimum absolute atomic E-state index is 0. The summed E-state index contributed by atoms with van der Waals surface area (Å²) < 4.78 is 4.94. The Balaban J connectivity index is -0.000000155. The first kappa shape index (κ1) is 16.0. The molecule has 0 amide bonds. The van der Waals surface area contributed by atoms with Crippen LogP contribution >= 0.6 is 0 Å². The monoisotopic (exact) mass is 181 g/mol. The van der Waals surface area contributed by atoms with Crippen molar-refractivity contribution >= 4 is 0 Å². The molecule has 0 saturated carbocycles. The molecule has 0 atom stereocenters. The van der Waals surface area contributed by atoms with Gasteiger partial charge in [0.15, 0.2) is 0 Å². The third-order valence-electron chi connectivity index (χ3n) is 1.49. The summed E-state index contributed by atoms with van der Waals surface area (Å²) in [5.41, 5.74) is 0. The summed E-state index contributed by atoms with van der Waals surface area (Å²) in [5.74, 6) is 0. The Morgan fingerprint density at radius 1 is 1.00 bits per heavy atom. The van der Waals surface area contributed by atoms with Crippen molar-refractivity contribution in [1.82, 2.24) is 5.32 Å². The predicted octanol–water partition coefficient (Wildman–Crippen LogP) is -0.694. The van der Waals surface area contributed by atoms with Crippen LogP contribution in [-0.4, -0.2) is 25.3 Å². The first-order chi connectivity index (χ1) is 5.63. The van der Waals surface area contributed by atoms with Gasteiger partial charge in [0.05, 0.1) is 0 Å². The zero-order chi connectivity index (χ0) is 9.40. The molecule has 1 saturated heterocycles. The van der Waals surface area contributed by atoms with Gasteiger partial charge in [0.25, 0.3) is 0 Å². The van der Waals surface area contributed by atoms with Gasteiger partial charge in [-0.3, -0.25) is 0 Å². The smallest absolute Gasteiger partial charge is 1.00 e. The molecule has 0 bridgehead atoms. The minimum atomic E-state index is 0. The molecule has 0 unspecified atom stereocenters. The van der Waals surface area contributed by atoms with Crippen LogP contribution in [0.1, 0.15) is 42.0 Å². The molecule has 0 radical (unpaired) electrons. The van der Waals surface area contributed by atoms with E-state index in [0.717, 1.165) is 13.2 Å². The molecule has 76 valence electrons. The van der Waals surface area contributed by atoms with Crippen molar-refractivity contribution in [3.05, 3.63) is 0 Å². The molecular formula is C10H24LiNO. The molecule has 2 nitrogen and oxygen atoms in total. The van der Waals surface area contributed by atoms with Gasteiger partial charge < -0.3 is 11.5 Å². The average Bonchev–Trinajstić information content (AvgIpc) is 2.36. The van der Waals surface area contributed by atoms with Gasteiger partial charge in [0.1, 0.15) is 0 Å². The molecule has 0 aromatic rings. The standard InChI is InChI=1S/C6H15N.C4H8O.Li.H/c1-5(2)7-6(3)4;1-2-4-5-3-1;;/h5-7H,1-4H3;1-4H2;;/q;;+1;-1. The quantitative estimate of drug-likeness (QED) is 0.569. The molecule has 0 aromatic heterocycles. The summed E-state index contributed by atoms with van der Waals surface area (Å²) in [6, 6.07) is 1.25. The Morgan fingerprint density at radius 3 is 1.46 bits per heavy atom. The summed E-state index contributed by atoms with van der Waals surface area (Å²) in [6.45, 7) is 10.6. The Kier molecular flexibility index (Phi) is 13.0. The first-order valence-electron chi connectivity index (χ1n) is 4.96. The van der Waals surface area contributed by atoms with E-state index in [2.05, 4.69) is 33.0 Å². The molecule has 1 fully saturated rings. The normalized spacial score (nSPS) is 15.2. The van der Waals surface area contributed by atoms with E-state index in [1.807, 2.05) is 0 Å². The predicted molar refractivity (Wildman–Crippen MR) is 54.6 cm³/mol. The van der Waals surface area contributed by atoms with Crippen LogP contribution in [0.2, 0.25) is 0 Å². The minimum Gasteiger partial charge on any atom is -1.00 e. The van der Waals surface area contributed by atoms with Crippen LogP contribution in [0.5, 0.6) is 0 Å². The zero-order valence-corrected chi connectivity index (χ0v) is 9.89. The van der Waals surface area contributed by atoms with Crippen molar-refractivity contribution in [2.24, 2.45) is 0 Å². The van der Waals surface area contributed by atoms with Crippen LogP contribution in [0.15, 0.2) is 0 Å². The molecule has 3 heteroatoms. The van der Waals surface area contributed by atoms with Gasteiger partial charge >= 0.3 is 18.9 Å².